The smallest absolute Gasteiger partial charge is 0.184 e. The Hall–Kier alpha value is -0.650. The summed E-state index contributed by atoms with van der Waals surface area (Å²) >= 11 is 8.87. The van der Waals surface area contributed by atoms with Gasteiger partial charge < -0.3 is 5.32 Å². The van der Waals surface area contributed by atoms with Gasteiger partial charge in [0.1, 0.15) is 5.15 Å². The maximum atomic E-state index is 5.69. The number of hydrogen-bond donors (Lipinski definition) is 1. The number of nitrogens with zero attached hydrogens (tertiary/aromatic N) is 2. The summed E-state index contributed by atoms with van der Waals surface area (Å²) < 4.78 is 0. The van der Waals surface area contributed by atoms with Crippen LogP contribution >= 0.6 is 34.3 Å². The number of hydrogen-bond acceptors (Lipinski definition) is 5. The van der Waals surface area contributed by atoms with Gasteiger partial charge in [0, 0.05) is 29.9 Å². The monoisotopic (exact) mass is 245 g/mol. The second kappa shape index (κ2) is 4.72. The third kappa shape index (κ3) is 2.67. The Balaban J connectivity index is 1.78. The van der Waals surface area contributed by atoms with E-state index in [1.165, 1.54) is 11.3 Å². The van der Waals surface area contributed by atoms with Gasteiger partial charge in [0.25, 0.3) is 0 Å². The fourth-order valence-corrected chi connectivity index (χ4v) is 2.47. The van der Waals surface area contributed by atoms with Crippen LogP contribution in [0.2, 0.25) is 5.15 Å². The first kappa shape index (κ1) is 9.89. The fraction of sp³-hybridized carbons (Fsp3) is 0.250. The summed E-state index contributed by atoms with van der Waals surface area (Å²) in [4.78, 5) is 8.27. The Morgan fingerprint density at radius 3 is 3.00 bits per heavy atom. The van der Waals surface area contributed by atoms with E-state index in [9.17, 15) is 0 Å². The van der Waals surface area contributed by atoms with E-state index in [1.54, 1.807) is 11.3 Å². The second-order valence-corrected chi connectivity index (χ2v) is 4.80. The summed E-state index contributed by atoms with van der Waals surface area (Å²) in [5, 5.41) is 9.54. The SMILES string of the molecule is Clc1csc(NCCc2nccs2)n1. The van der Waals surface area contributed by atoms with Gasteiger partial charge in [-0.3, -0.25) is 0 Å². The molecule has 0 atom stereocenters. The highest BCUT2D eigenvalue weighted by Crippen LogP contribution is 2.18. The third-order valence-corrected chi connectivity index (χ3v) is 3.54. The van der Waals surface area contributed by atoms with Gasteiger partial charge in [-0.25, -0.2) is 9.97 Å². The highest BCUT2D eigenvalue weighted by atomic mass is 35.5. The molecule has 0 saturated carbocycles. The molecule has 0 amide bonds. The second-order valence-electron chi connectivity index (χ2n) is 2.58. The van der Waals surface area contributed by atoms with Crippen LogP contribution in [0.4, 0.5) is 5.13 Å². The van der Waals surface area contributed by atoms with Crippen LogP contribution in [0.5, 0.6) is 0 Å². The minimum Gasteiger partial charge on any atom is -0.361 e. The molecule has 0 aromatic carbocycles. The van der Waals surface area contributed by atoms with Crippen molar-refractivity contribution in [1.29, 1.82) is 0 Å². The van der Waals surface area contributed by atoms with Crippen molar-refractivity contribution in [1.82, 2.24) is 9.97 Å². The molecule has 2 aromatic rings. The molecule has 0 aliphatic heterocycles. The molecule has 74 valence electrons. The summed E-state index contributed by atoms with van der Waals surface area (Å²) in [6, 6.07) is 0. The van der Waals surface area contributed by atoms with Crippen molar-refractivity contribution in [2.24, 2.45) is 0 Å². The molecule has 2 rings (SSSR count). The van der Waals surface area contributed by atoms with Crippen molar-refractivity contribution >= 4 is 39.4 Å². The minimum absolute atomic E-state index is 0.548. The van der Waals surface area contributed by atoms with E-state index in [4.69, 9.17) is 11.6 Å². The van der Waals surface area contributed by atoms with E-state index in [-0.39, 0.29) is 0 Å². The van der Waals surface area contributed by atoms with Crippen molar-refractivity contribution in [2.75, 3.05) is 11.9 Å². The molecule has 0 saturated heterocycles. The van der Waals surface area contributed by atoms with E-state index >= 15 is 0 Å². The summed E-state index contributed by atoms with van der Waals surface area (Å²) in [5.74, 6) is 0. The molecule has 1 N–H and O–H groups in total. The van der Waals surface area contributed by atoms with Gasteiger partial charge in [-0.1, -0.05) is 11.6 Å². The van der Waals surface area contributed by atoms with Crippen molar-refractivity contribution in [3.63, 3.8) is 0 Å². The number of aromatic nitrogens is 2. The van der Waals surface area contributed by atoms with Crippen LogP contribution < -0.4 is 5.32 Å². The lowest BCUT2D eigenvalue weighted by Crippen LogP contribution is -2.03. The summed E-state index contributed by atoms with van der Waals surface area (Å²) in [6.45, 7) is 0.845. The molecule has 0 aliphatic rings. The molecular weight excluding hydrogens is 238 g/mol. The molecule has 0 fully saturated rings. The van der Waals surface area contributed by atoms with Crippen LogP contribution in [-0.2, 0) is 6.42 Å². The lowest BCUT2D eigenvalue weighted by Gasteiger charge is -1.98. The van der Waals surface area contributed by atoms with Crippen LogP contribution in [0.1, 0.15) is 5.01 Å². The van der Waals surface area contributed by atoms with Crippen LogP contribution in [0, 0.1) is 0 Å². The fourth-order valence-electron chi connectivity index (χ4n) is 0.988. The maximum absolute atomic E-state index is 5.69. The predicted octanol–water partition coefficient (Wildman–Crippen LogP) is 2.91. The van der Waals surface area contributed by atoms with E-state index in [0.29, 0.717) is 5.15 Å². The lowest BCUT2D eigenvalue weighted by atomic mass is 10.4. The molecule has 3 nitrogen and oxygen atoms in total. The Morgan fingerprint density at radius 1 is 1.43 bits per heavy atom. The van der Waals surface area contributed by atoms with Gasteiger partial charge in [-0.2, -0.15) is 0 Å². The molecule has 0 bridgehead atoms. The number of nitrogens with one attached hydrogen (secondary N) is 1. The number of anilines is 1. The first-order valence-corrected chi connectivity index (χ1v) is 6.21. The number of halogens is 1. The molecule has 2 heterocycles. The summed E-state index contributed by atoms with van der Waals surface area (Å²) in [5.41, 5.74) is 0. The molecule has 14 heavy (non-hydrogen) atoms. The average Bonchev–Trinajstić information content (AvgIpc) is 2.77. The standard InChI is InChI=1S/C8H8ClN3S2/c9-6-5-14-8(12-6)11-2-1-7-10-3-4-13-7/h3-5H,1-2H2,(H,11,12). The van der Waals surface area contributed by atoms with E-state index in [1.807, 2.05) is 17.0 Å². The number of rotatable bonds is 4. The van der Waals surface area contributed by atoms with Crippen LogP contribution in [-0.4, -0.2) is 16.5 Å². The van der Waals surface area contributed by atoms with Gasteiger partial charge in [0.05, 0.1) is 5.01 Å². The Bertz CT molecular complexity index is 385. The van der Waals surface area contributed by atoms with Crippen LogP contribution in [0.3, 0.4) is 0 Å². The molecule has 0 spiro atoms. The maximum Gasteiger partial charge on any atom is 0.184 e. The zero-order valence-electron chi connectivity index (χ0n) is 7.24. The van der Waals surface area contributed by atoms with Crippen molar-refractivity contribution in [2.45, 2.75) is 6.42 Å². The molecular formula is C8H8ClN3S2. The van der Waals surface area contributed by atoms with Crippen molar-refractivity contribution in [3.05, 3.63) is 27.1 Å². The Morgan fingerprint density at radius 2 is 2.36 bits per heavy atom. The van der Waals surface area contributed by atoms with Gasteiger partial charge in [0.15, 0.2) is 5.13 Å². The topological polar surface area (TPSA) is 37.8 Å². The van der Waals surface area contributed by atoms with Crippen molar-refractivity contribution in [3.8, 4) is 0 Å². The Kier molecular flexibility index (Phi) is 3.34. The first-order chi connectivity index (χ1) is 6.84. The Labute approximate surface area is 94.8 Å². The molecule has 0 unspecified atom stereocenters. The largest absolute Gasteiger partial charge is 0.361 e. The van der Waals surface area contributed by atoms with Gasteiger partial charge in [0.2, 0.25) is 0 Å². The number of thiazole rings is 2. The third-order valence-electron chi connectivity index (χ3n) is 1.57. The van der Waals surface area contributed by atoms with E-state index < -0.39 is 0 Å². The molecule has 0 aliphatic carbocycles. The van der Waals surface area contributed by atoms with Gasteiger partial charge >= 0.3 is 0 Å². The van der Waals surface area contributed by atoms with Crippen molar-refractivity contribution < 1.29 is 0 Å². The van der Waals surface area contributed by atoms with Gasteiger partial charge in [-0.05, 0) is 0 Å². The highest BCUT2D eigenvalue weighted by Gasteiger charge is 1.99. The quantitative estimate of drug-likeness (QED) is 0.900. The predicted molar refractivity (Wildman–Crippen MR) is 61.4 cm³/mol. The molecule has 6 heteroatoms. The summed E-state index contributed by atoms with van der Waals surface area (Å²) in [6.07, 6.45) is 2.75. The lowest BCUT2D eigenvalue weighted by molar-refractivity contribution is 0.995. The molecule has 2 aromatic heterocycles. The normalized spacial score (nSPS) is 10.4. The highest BCUT2D eigenvalue weighted by molar-refractivity contribution is 7.14. The van der Waals surface area contributed by atoms with E-state index in [2.05, 4.69) is 15.3 Å². The molecule has 0 radical (unpaired) electrons. The van der Waals surface area contributed by atoms with Crippen LogP contribution in [0.25, 0.3) is 0 Å². The average molecular weight is 246 g/mol. The zero-order chi connectivity index (χ0) is 9.80. The van der Waals surface area contributed by atoms with E-state index in [0.717, 1.165) is 23.1 Å². The minimum atomic E-state index is 0.548. The first-order valence-electron chi connectivity index (χ1n) is 4.08. The zero-order valence-corrected chi connectivity index (χ0v) is 9.62. The van der Waals surface area contributed by atoms with Crippen LogP contribution in [0.15, 0.2) is 17.0 Å². The van der Waals surface area contributed by atoms with Gasteiger partial charge in [-0.15, -0.1) is 22.7 Å². The summed E-state index contributed by atoms with van der Waals surface area (Å²) in [7, 11) is 0.